The second kappa shape index (κ2) is 6.09. The summed E-state index contributed by atoms with van der Waals surface area (Å²) in [7, 11) is 0. The highest BCUT2D eigenvalue weighted by Gasteiger charge is 2.21. The number of hydrogen-bond acceptors (Lipinski definition) is 6. The van der Waals surface area contributed by atoms with Gasteiger partial charge < -0.3 is 16.4 Å². The lowest BCUT2D eigenvalue weighted by Crippen LogP contribution is -2.26. The molecular formula is C14H17N5OS. The molecule has 6 nitrogen and oxygen atoms in total. The zero-order valence-electron chi connectivity index (χ0n) is 11.5. The van der Waals surface area contributed by atoms with Crippen LogP contribution in [0.3, 0.4) is 0 Å². The molecule has 4 N–H and O–H groups in total. The van der Waals surface area contributed by atoms with Crippen LogP contribution in [0.1, 0.15) is 34.5 Å². The number of nitrogens with two attached hydrogens (primary N) is 1. The molecule has 0 radical (unpaired) electrons. The number of thiazole rings is 1. The molecule has 7 heteroatoms. The van der Waals surface area contributed by atoms with Crippen molar-refractivity contribution < 1.29 is 4.79 Å². The molecule has 0 spiro atoms. The monoisotopic (exact) mass is 303 g/mol. The van der Waals surface area contributed by atoms with Crippen LogP contribution in [0.5, 0.6) is 0 Å². The van der Waals surface area contributed by atoms with Gasteiger partial charge in [0.1, 0.15) is 10.7 Å². The van der Waals surface area contributed by atoms with E-state index < -0.39 is 0 Å². The van der Waals surface area contributed by atoms with Crippen molar-refractivity contribution in [3.8, 4) is 0 Å². The van der Waals surface area contributed by atoms with Crippen molar-refractivity contribution in [3.05, 3.63) is 35.0 Å². The Kier molecular flexibility index (Phi) is 4.01. The van der Waals surface area contributed by atoms with Crippen molar-refractivity contribution in [2.75, 3.05) is 11.1 Å². The number of pyridine rings is 1. The molecule has 1 aliphatic carbocycles. The van der Waals surface area contributed by atoms with Crippen LogP contribution in [-0.4, -0.2) is 21.9 Å². The molecule has 2 heterocycles. The maximum atomic E-state index is 12.2. The Morgan fingerprint density at radius 1 is 1.38 bits per heavy atom. The SMILES string of the molecule is Nc1nc(NC2CCC2)sc1C(=O)NCc1ccncc1. The summed E-state index contributed by atoms with van der Waals surface area (Å²) in [5.41, 5.74) is 6.83. The molecule has 0 unspecified atom stereocenters. The van der Waals surface area contributed by atoms with E-state index in [1.807, 2.05) is 12.1 Å². The van der Waals surface area contributed by atoms with Gasteiger partial charge in [0.05, 0.1) is 0 Å². The number of aromatic nitrogens is 2. The fraction of sp³-hybridized carbons (Fsp3) is 0.357. The number of hydrogen-bond donors (Lipinski definition) is 3. The van der Waals surface area contributed by atoms with Crippen molar-refractivity contribution in [2.24, 2.45) is 0 Å². The largest absolute Gasteiger partial charge is 0.382 e. The summed E-state index contributed by atoms with van der Waals surface area (Å²) in [5, 5.41) is 6.88. The minimum absolute atomic E-state index is 0.191. The van der Waals surface area contributed by atoms with Gasteiger partial charge in [0.2, 0.25) is 0 Å². The van der Waals surface area contributed by atoms with E-state index in [9.17, 15) is 4.79 Å². The second-order valence-electron chi connectivity index (χ2n) is 5.04. The average Bonchev–Trinajstić information content (AvgIpc) is 2.82. The van der Waals surface area contributed by atoms with E-state index in [2.05, 4.69) is 20.6 Å². The average molecular weight is 303 g/mol. The standard InChI is InChI=1S/C14H17N5OS/c15-12-11(21-14(19-12)18-10-2-1-3-10)13(20)17-8-9-4-6-16-7-5-9/h4-7,10H,1-3,8,15H2,(H,17,20)(H,18,19). The minimum atomic E-state index is -0.191. The number of anilines is 2. The summed E-state index contributed by atoms with van der Waals surface area (Å²) < 4.78 is 0. The number of carbonyl (C=O) groups is 1. The van der Waals surface area contributed by atoms with E-state index in [1.54, 1.807) is 12.4 Å². The summed E-state index contributed by atoms with van der Waals surface area (Å²) in [6.45, 7) is 0.448. The summed E-state index contributed by atoms with van der Waals surface area (Å²) >= 11 is 1.31. The summed E-state index contributed by atoms with van der Waals surface area (Å²) in [6.07, 6.45) is 6.95. The zero-order chi connectivity index (χ0) is 14.7. The van der Waals surface area contributed by atoms with Gasteiger partial charge >= 0.3 is 0 Å². The van der Waals surface area contributed by atoms with Crippen molar-refractivity contribution in [2.45, 2.75) is 31.8 Å². The Bertz CT molecular complexity index is 624. The third-order valence-electron chi connectivity index (χ3n) is 3.49. The van der Waals surface area contributed by atoms with Gasteiger partial charge in [-0.15, -0.1) is 0 Å². The summed E-state index contributed by atoms with van der Waals surface area (Å²) in [4.78, 5) is 20.8. The molecule has 2 aromatic rings. The number of rotatable bonds is 5. The summed E-state index contributed by atoms with van der Waals surface area (Å²) in [5.74, 6) is 0.0949. The number of carbonyl (C=O) groups excluding carboxylic acids is 1. The minimum Gasteiger partial charge on any atom is -0.382 e. The van der Waals surface area contributed by atoms with Crippen LogP contribution in [-0.2, 0) is 6.54 Å². The first kappa shape index (κ1) is 13.8. The van der Waals surface area contributed by atoms with Gasteiger partial charge in [0.15, 0.2) is 5.13 Å². The zero-order valence-corrected chi connectivity index (χ0v) is 12.3. The van der Waals surface area contributed by atoms with Crippen LogP contribution in [0.2, 0.25) is 0 Å². The van der Waals surface area contributed by atoms with Crippen LogP contribution in [0.15, 0.2) is 24.5 Å². The number of nitrogen functional groups attached to an aromatic ring is 1. The quantitative estimate of drug-likeness (QED) is 0.785. The predicted octanol–water partition coefficient (Wildman–Crippen LogP) is 2.01. The highest BCUT2D eigenvalue weighted by atomic mass is 32.1. The van der Waals surface area contributed by atoms with E-state index in [0.717, 1.165) is 23.5 Å². The van der Waals surface area contributed by atoms with Gasteiger partial charge in [-0.3, -0.25) is 9.78 Å². The molecule has 1 amide bonds. The molecule has 2 aromatic heterocycles. The van der Waals surface area contributed by atoms with Gasteiger partial charge in [-0.05, 0) is 37.0 Å². The molecule has 0 aliphatic heterocycles. The fourth-order valence-electron chi connectivity index (χ4n) is 2.05. The Hall–Kier alpha value is -2.15. The van der Waals surface area contributed by atoms with Crippen LogP contribution in [0, 0.1) is 0 Å². The van der Waals surface area contributed by atoms with Gasteiger partial charge in [-0.25, -0.2) is 4.98 Å². The topological polar surface area (TPSA) is 92.9 Å². The maximum absolute atomic E-state index is 12.2. The smallest absolute Gasteiger partial charge is 0.265 e. The second-order valence-corrected chi connectivity index (χ2v) is 6.04. The van der Waals surface area contributed by atoms with Crippen LogP contribution >= 0.6 is 11.3 Å². The molecule has 0 aromatic carbocycles. The lowest BCUT2D eigenvalue weighted by Gasteiger charge is -2.25. The van der Waals surface area contributed by atoms with Crippen LogP contribution < -0.4 is 16.4 Å². The molecule has 0 atom stereocenters. The predicted molar refractivity (Wildman–Crippen MR) is 83.2 cm³/mol. The molecule has 21 heavy (non-hydrogen) atoms. The van der Waals surface area contributed by atoms with Gasteiger partial charge in [-0.1, -0.05) is 11.3 Å². The molecular weight excluding hydrogens is 286 g/mol. The third kappa shape index (κ3) is 3.30. The van der Waals surface area contributed by atoms with Crippen molar-refractivity contribution in [1.29, 1.82) is 0 Å². The van der Waals surface area contributed by atoms with Crippen molar-refractivity contribution >= 4 is 28.2 Å². The Labute approximate surface area is 126 Å². The van der Waals surface area contributed by atoms with E-state index in [4.69, 9.17) is 5.73 Å². The van der Waals surface area contributed by atoms with Gasteiger partial charge in [0, 0.05) is 25.0 Å². The molecule has 1 aliphatic rings. The Balaban J connectivity index is 1.61. The molecule has 3 rings (SSSR count). The molecule has 0 bridgehead atoms. The lowest BCUT2D eigenvalue weighted by atomic mass is 9.93. The van der Waals surface area contributed by atoms with E-state index in [-0.39, 0.29) is 11.7 Å². The molecule has 110 valence electrons. The number of nitrogens with zero attached hydrogens (tertiary/aromatic N) is 2. The lowest BCUT2D eigenvalue weighted by molar-refractivity contribution is 0.0955. The van der Waals surface area contributed by atoms with Crippen LogP contribution in [0.4, 0.5) is 10.9 Å². The van der Waals surface area contributed by atoms with Crippen molar-refractivity contribution in [3.63, 3.8) is 0 Å². The normalized spacial score (nSPS) is 14.5. The number of amides is 1. The van der Waals surface area contributed by atoms with E-state index in [0.29, 0.717) is 17.5 Å². The maximum Gasteiger partial charge on any atom is 0.265 e. The molecule has 1 saturated carbocycles. The first-order valence-corrected chi connectivity index (χ1v) is 7.74. The Morgan fingerprint density at radius 2 is 2.14 bits per heavy atom. The summed E-state index contributed by atoms with van der Waals surface area (Å²) in [6, 6.07) is 4.20. The van der Waals surface area contributed by atoms with Crippen LogP contribution in [0.25, 0.3) is 0 Å². The first-order chi connectivity index (χ1) is 10.2. The highest BCUT2D eigenvalue weighted by Crippen LogP contribution is 2.29. The van der Waals surface area contributed by atoms with E-state index >= 15 is 0 Å². The fourth-order valence-corrected chi connectivity index (χ4v) is 2.92. The highest BCUT2D eigenvalue weighted by molar-refractivity contribution is 7.18. The van der Waals surface area contributed by atoms with E-state index in [1.165, 1.54) is 17.8 Å². The first-order valence-electron chi connectivity index (χ1n) is 6.92. The Morgan fingerprint density at radius 3 is 2.81 bits per heavy atom. The van der Waals surface area contributed by atoms with Gasteiger partial charge in [0.25, 0.3) is 5.91 Å². The molecule has 1 fully saturated rings. The van der Waals surface area contributed by atoms with Gasteiger partial charge in [-0.2, -0.15) is 0 Å². The number of nitrogens with one attached hydrogen (secondary N) is 2. The molecule has 0 saturated heterocycles. The van der Waals surface area contributed by atoms with Crippen molar-refractivity contribution in [1.82, 2.24) is 15.3 Å². The third-order valence-corrected chi connectivity index (χ3v) is 4.50.